The van der Waals surface area contributed by atoms with Crippen LogP contribution in [0, 0.1) is 17.3 Å². The van der Waals surface area contributed by atoms with Gasteiger partial charge in [-0.05, 0) is 24.2 Å². The van der Waals surface area contributed by atoms with Crippen LogP contribution in [0.4, 0.5) is 0 Å². The smallest absolute Gasteiger partial charge is 0.136 e. The maximum atomic E-state index is 11.6. The van der Waals surface area contributed by atoms with Crippen molar-refractivity contribution in [1.29, 1.82) is 0 Å². The lowest BCUT2D eigenvalue weighted by molar-refractivity contribution is -0.129. The van der Waals surface area contributed by atoms with Crippen molar-refractivity contribution in [2.75, 3.05) is 0 Å². The second-order valence-electron chi connectivity index (χ2n) is 5.26. The highest BCUT2D eigenvalue weighted by Gasteiger charge is 2.34. The number of Topliss-reactive ketones (excluding diaryl/α,β-unsaturated/α-hetero) is 1. The van der Waals surface area contributed by atoms with Gasteiger partial charge >= 0.3 is 0 Å². The van der Waals surface area contributed by atoms with Crippen LogP contribution in [0.25, 0.3) is 0 Å². The van der Waals surface area contributed by atoms with Gasteiger partial charge in [-0.2, -0.15) is 0 Å². The van der Waals surface area contributed by atoms with Crippen LogP contribution in [0.1, 0.15) is 47.0 Å². The second kappa shape index (κ2) is 3.20. The molecule has 1 rings (SSSR count). The number of carbonyl (C=O) groups excluding carboxylic acids is 1. The predicted octanol–water partition coefficient (Wildman–Crippen LogP) is 3.04. The van der Waals surface area contributed by atoms with Crippen molar-refractivity contribution in [3.05, 3.63) is 0 Å². The zero-order chi connectivity index (χ0) is 9.35. The molecule has 2 atom stereocenters. The van der Waals surface area contributed by atoms with Crippen LogP contribution < -0.4 is 0 Å². The molecule has 0 aromatic rings. The van der Waals surface area contributed by atoms with Crippen LogP contribution in [0.15, 0.2) is 0 Å². The summed E-state index contributed by atoms with van der Waals surface area (Å²) in [4.78, 5) is 11.6. The summed E-state index contributed by atoms with van der Waals surface area (Å²) in [7, 11) is 0. The van der Waals surface area contributed by atoms with Gasteiger partial charge in [0.25, 0.3) is 0 Å². The molecule has 1 heteroatoms. The minimum absolute atomic E-state index is 0.172. The van der Waals surface area contributed by atoms with E-state index >= 15 is 0 Å². The van der Waals surface area contributed by atoms with Gasteiger partial charge in [-0.3, -0.25) is 4.79 Å². The normalized spacial score (nSPS) is 32.2. The highest BCUT2D eigenvalue weighted by molar-refractivity contribution is 5.82. The summed E-state index contributed by atoms with van der Waals surface area (Å²) < 4.78 is 0. The molecule has 0 unspecified atom stereocenters. The van der Waals surface area contributed by atoms with Crippen molar-refractivity contribution in [3.63, 3.8) is 0 Å². The number of rotatable bonds is 0. The maximum absolute atomic E-state index is 11.6. The minimum Gasteiger partial charge on any atom is -0.299 e. The minimum atomic E-state index is 0.172. The van der Waals surface area contributed by atoms with Gasteiger partial charge < -0.3 is 0 Å². The molecule has 1 saturated carbocycles. The first-order valence-electron chi connectivity index (χ1n) is 4.94. The van der Waals surface area contributed by atoms with Crippen LogP contribution in [0.3, 0.4) is 0 Å². The molecule has 0 bridgehead atoms. The molecule has 0 aromatic heterocycles. The lowest BCUT2D eigenvalue weighted by atomic mass is 9.69. The molecular weight excluding hydrogens is 148 g/mol. The molecule has 12 heavy (non-hydrogen) atoms. The maximum Gasteiger partial charge on any atom is 0.136 e. The Labute approximate surface area is 75.5 Å². The van der Waals surface area contributed by atoms with Gasteiger partial charge in [0.2, 0.25) is 0 Å². The average molecular weight is 168 g/mol. The first-order chi connectivity index (χ1) is 5.41. The quantitative estimate of drug-likeness (QED) is 0.543. The molecule has 0 saturated heterocycles. The van der Waals surface area contributed by atoms with E-state index in [2.05, 4.69) is 27.7 Å². The molecule has 0 heterocycles. The summed E-state index contributed by atoms with van der Waals surface area (Å²) in [6.45, 7) is 8.78. The van der Waals surface area contributed by atoms with Gasteiger partial charge in [-0.1, -0.05) is 27.7 Å². The molecule has 0 aromatic carbocycles. The molecule has 1 aliphatic rings. The van der Waals surface area contributed by atoms with E-state index in [4.69, 9.17) is 0 Å². The molecule has 0 radical (unpaired) electrons. The molecule has 1 aliphatic carbocycles. The van der Waals surface area contributed by atoms with Crippen LogP contribution >= 0.6 is 0 Å². The molecule has 0 N–H and O–H groups in total. The molecule has 0 aliphatic heterocycles. The Bertz CT molecular complexity index is 176. The fourth-order valence-electron chi connectivity index (χ4n) is 2.05. The van der Waals surface area contributed by atoms with E-state index in [1.54, 1.807) is 0 Å². The summed E-state index contributed by atoms with van der Waals surface area (Å²) in [5.74, 6) is 1.54. The van der Waals surface area contributed by atoms with Gasteiger partial charge in [0, 0.05) is 12.3 Å². The first-order valence-corrected chi connectivity index (χ1v) is 4.94. The van der Waals surface area contributed by atoms with E-state index in [1.165, 1.54) is 0 Å². The van der Waals surface area contributed by atoms with E-state index in [9.17, 15) is 4.79 Å². The molecule has 0 spiro atoms. The first kappa shape index (κ1) is 9.76. The lowest BCUT2D eigenvalue weighted by Crippen LogP contribution is -2.33. The van der Waals surface area contributed by atoms with Gasteiger partial charge in [0.15, 0.2) is 0 Å². The van der Waals surface area contributed by atoms with Gasteiger partial charge in [0.05, 0.1) is 0 Å². The summed E-state index contributed by atoms with van der Waals surface area (Å²) in [6.07, 6.45) is 3.01. The highest BCUT2D eigenvalue weighted by atomic mass is 16.1. The van der Waals surface area contributed by atoms with E-state index in [-0.39, 0.29) is 5.41 Å². The Balaban J connectivity index is 2.68. The summed E-state index contributed by atoms with van der Waals surface area (Å²) >= 11 is 0. The monoisotopic (exact) mass is 168 g/mol. The summed E-state index contributed by atoms with van der Waals surface area (Å²) in [5, 5.41) is 0. The van der Waals surface area contributed by atoms with Crippen molar-refractivity contribution in [2.45, 2.75) is 47.0 Å². The van der Waals surface area contributed by atoms with Crippen LogP contribution in [-0.2, 0) is 4.79 Å². The largest absolute Gasteiger partial charge is 0.299 e. The van der Waals surface area contributed by atoms with E-state index < -0.39 is 0 Å². The Morgan fingerprint density at radius 1 is 1.33 bits per heavy atom. The summed E-state index contributed by atoms with van der Waals surface area (Å²) in [5.41, 5.74) is 0.172. The number of hydrogen-bond donors (Lipinski definition) is 0. The SMILES string of the molecule is C[C@H]1CCC(=O)[C@H](C(C)(C)C)C1. The molecule has 0 amide bonds. The number of hydrogen-bond acceptors (Lipinski definition) is 1. The highest BCUT2D eigenvalue weighted by Crippen LogP contribution is 2.37. The third-order valence-corrected chi connectivity index (χ3v) is 2.96. The fourth-order valence-corrected chi connectivity index (χ4v) is 2.05. The Hall–Kier alpha value is -0.330. The van der Waals surface area contributed by atoms with Crippen molar-refractivity contribution in [3.8, 4) is 0 Å². The fraction of sp³-hybridized carbons (Fsp3) is 0.909. The zero-order valence-electron chi connectivity index (χ0n) is 8.68. The molecule has 1 fully saturated rings. The topological polar surface area (TPSA) is 17.1 Å². The van der Waals surface area contributed by atoms with Crippen molar-refractivity contribution < 1.29 is 4.79 Å². The van der Waals surface area contributed by atoms with E-state index in [0.717, 1.165) is 25.2 Å². The lowest BCUT2D eigenvalue weighted by Gasteiger charge is -2.35. The zero-order valence-corrected chi connectivity index (χ0v) is 8.68. The third-order valence-electron chi connectivity index (χ3n) is 2.96. The Morgan fingerprint density at radius 2 is 1.92 bits per heavy atom. The van der Waals surface area contributed by atoms with Crippen LogP contribution in [-0.4, -0.2) is 5.78 Å². The van der Waals surface area contributed by atoms with Crippen molar-refractivity contribution in [1.82, 2.24) is 0 Å². The van der Waals surface area contributed by atoms with Crippen molar-refractivity contribution >= 4 is 5.78 Å². The average Bonchev–Trinajstić information content (AvgIpc) is 1.92. The number of carbonyl (C=O) groups is 1. The Morgan fingerprint density at radius 3 is 2.33 bits per heavy atom. The second-order valence-corrected chi connectivity index (χ2v) is 5.26. The Kier molecular flexibility index (Phi) is 2.60. The van der Waals surface area contributed by atoms with E-state index in [0.29, 0.717) is 11.7 Å². The van der Waals surface area contributed by atoms with E-state index in [1.807, 2.05) is 0 Å². The molecular formula is C11H20O. The molecule has 70 valence electrons. The third kappa shape index (κ3) is 2.09. The van der Waals surface area contributed by atoms with Gasteiger partial charge in [-0.25, -0.2) is 0 Å². The van der Waals surface area contributed by atoms with Crippen LogP contribution in [0.5, 0.6) is 0 Å². The standard InChI is InChI=1S/C11H20O/c1-8-5-6-10(12)9(7-8)11(2,3)4/h8-9H,5-7H2,1-4H3/t8-,9+/m0/s1. The summed E-state index contributed by atoms with van der Waals surface area (Å²) in [6, 6.07) is 0. The predicted molar refractivity (Wildman–Crippen MR) is 51.0 cm³/mol. The number of ketones is 1. The van der Waals surface area contributed by atoms with Crippen LogP contribution in [0.2, 0.25) is 0 Å². The van der Waals surface area contributed by atoms with Gasteiger partial charge in [0.1, 0.15) is 5.78 Å². The van der Waals surface area contributed by atoms with Gasteiger partial charge in [-0.15, -0.1) is 0 Å². The molecule has 1 nitrogen and oxygen atoms in total. The van der Waals surface area contributed by atoms with Crippen molar-refractivity contribution in [2.24, 2.45) is 17.3 Å².